The van der Waals surface area contributed by atoms with Gasteiger partial charge in [0.1, 0.15) is 18.9 Å². The number of halogens is 3. The summed E-state index contributed by atoms with van der Waals surface area (Å²) in [5.74, 6) is 0.415. The minimum atomic E-state index is -4.34. The quantitative estimate of drug-likeness (QED) is 0.458. The number of carbonyl (C=O) groups excluding carboxylic acids is 1. The number of likely N-dealkylation sites (tertiary alicyclic amines) is 1. The van der Waals surface area contributed by atoms with Crippen LogP contribution in [0.4, 0.5) is 18.9 Å². The Morgan fingerprint density at radius 3 is 2.68 bits per heavy atom. The van der Waals surface area contributed by atoms with E-state index in [-0.39, 0.29) is 5.91 Å². The summed E-state index contributed by atoms with van der Waals surface area (Å²) in [6, 6.07) is 13.0. The number of rotatable bonds is 8. The molecule has 2 heterocycles. The van der Waals surface area contributed by atoms with Crippen molar-refractivity contribution in [2.45, 2.75) is 43.9 Å². The molecule has 1 saturated heterocycles. The zero-order chi connectivity index (χ0) is 26.4. The van der Waals surface area contributed by atoms with Gasteiger partial charge in [-0.25, -0.2) is 0 Å². The summed E-state index contributed by atoms with van der Waals surface area (Å²) < 4.78 is 45.3. The maximum atomic E-state index is 13.5. The summed E-state index contributed by atoms with van der Waals surface area (Å²) in [6.45, 7) is 2.44. The number of fused-ring (bicyclic) bond motifs is 1. The van der Waals surface area contributed by atoms with Crippen LogP contribution in [-0.4, -0.2) is 61.8 Å². The van der Waals surface area contributed by atoms with Crippen molar-refractivity contribution < 1.29 is 22.7 Å². The van der Waals surface area contributed by atoms with E-state index in [1.54, 1.807) is 30.5 Å². The zero-order valence-corrected chi connectivity index (χ0v) is 21.2. The first-order chi connectivity index (χ1) is 17.5. The number of benzene rings is 2. The second-order valence-electron chi connectivity index (χ2n) is 10.3. The first-order valence-corrected chi connectivity index (χ1v) is 12.5. The number of carbonyl (C=O) groups is 1. The zero-order valence-electron chi connectivity index (χ0n) is 21.2. The molecule has 5 rings (SSSR count). The lowest BCUT2D eigenvalue weighted by Crippen LogP contribution is -2.48. The molecule has 1 atom stereocenters. The van der Waals surface area contributed by atoms with Crippen LogP contribution in [0, 0.1) is 6.92 Å². The normalized spacial score (nSPS) is 18.8. The van der Waals surface area contributed by atoms with E-state index in [9.17, 15) is 18.0 Å². The lowest BCUT2D eigenvalue weighted by atomic mass is 9.97. The fraction of sp³-hybridized carbons (Fsp3) is 0.429. The van der Waals surface area contributed by atoms with Crippen molar-refractivity contribution in [2.24, 2.45) is 0 Å². The summed E-state index contributed by atoms with van der Waals surface area (Å²) in [7, 11) is 3.48. The van der Waals surface area contributed by atoms with E-state index in [1.807, 2.05) is 25.1 Å². The lowest BCUT2D eigenvalue weighted by Gasteiger charge is -2.37. The first-order valence-electron chi connectivity index (χ1n) is 12.5. The largest absolute Gasteiger partial charge is 0.492 e. The third-order valence-corrected chi connectivity index (χ3v) is 7.52. The molecule has 0 bridgehead atoms. The Kier molecular flexibility index (Phi) is 6.52. The van der Waals surface area contributed by atoms with Gasteiger partial charge in [0.25, 0.3) is 5.91 Å². The summed E-state index contributed by atoms with van der Waals surface area (Å²) in [6.07, 6.45) is -0.235. The predicted octanol–water partition coefficient (Wildman–Crippen LogP) is 5.04. The Morgan fingerprint density at radius 1 is 1.24 bits per heavy atom. The average Bonchev–Trinajstić information content (AvgIpc) is 3.62. The molecule has 6 nitrogen and oxygen atoms in total. The van der Waals surface area contributed by atoms with Crippen LogP contribution in [0.1, 0.15) is 40.7 Å². The van der Waals surface area contributed by atoms with Crippen LogP contribution in [0.25, 0.3) is 10.9 Å². The van der Waals surface area contributed by atoms with Crippen LogP contribution < -0.4 is 15.0 Å². The SMILES string of the molecule is Cc1ccc(OCC2CCN2C)cc1C(=O)NC1(c2cc(N(C)CC(F)(F)F)cc3ncccc23)CC1. The molecule has 1 aliphatic carbocycles. The Balaban J connectivity index is 1.41. The molecular weight excluding hydrogens is 481 g/mol. The Hall–Kier alpha value is -3.33. The lowest BCUT2D eigenvalue weighted by molar-refractivity contribution is -0.119. The number of alkyl halides is 3. The second-order valence-corrected chi connectivity index (χ2v) is 10.3. The van der Waals surface area contributed by atoms with E-state index in [0.717, 1.165) is 29.5 Å². The number of hydrogen-bond donors (Lipinski definition) is 1. The highest BCUT2D eigenvalue weighted by atomic mass is 19.4. The predicted molar refractivity (Wildman–Crippen MR) is 137 cm³/mol. The summed E-state index contributed by atoms with van der Waals surface area (Å²) >= 11 is 0. The van der Waals surface area contributed by atoms with E-state index in [1.165, 1.54) is 11.9 Å². The Bertz CT molecular complexity index is 1320. The van der Waals surface area contributed by atoms with Gasteiger partial charge in [0.2, 0.25) is 0 Å². The van der Waals surface area contributed by atoms with Crippen LogP contribution in [0.5, 0.6) is 5.75 Å². The Morgan fingerprint density at radius 2 is 2.03 bits per heavy atom. The third-order valence-electron chi connectivity index (χ3n) is 7.52. The highest BCUT2D eigenvalue weighted by Gasteiger charge is 2.47. The molecule has 3 aromatic rings. The summed E-state index contributed by atoms with van der Waals surface area (Å²) in [5.41, 5.74) is 2.48. The molecule has 1 N–H and O–H groups in total. The van der Waals surface area contributed by atoms with Gasteiger partial charge < -0.3 is 15.0 Å². The molecule has 1 amide bonds. The van der Waals surface area contributed by atoms with Crippen molar-refractivity contribution >= 4 is 22.5 Å². The van der Waals surface area contributed by atoms with Gasteiger partial charge in [-0.15, -0.1) is 0 Å². The van der Waals surface area contributed by atoms with Gasteiger partial charge in [-0.1, -0.05) is 12.1 Å². The molecule has 2 aliphatic rings. The van der Waals surface area contributed by atoms with Gasteiger partial charge in [0, 0.05) is 35.9 Å². The monoisotopic (exact) mass is 512 g/mol. The van der Waals surface area contributed by atoms with Gasteiger partial charge >= 0.3 is 6.18 Å². The van der Waals surface area contributed by atoms with Crippen LogP contribution in [0.15, 0.2) is 48.7 Å². The van der Waals surface area contributed by atoms with E-state index in [4.69, 9.17) is 4.74 Å². The third kappa shape index (κ3) is 5.37. The highest BCUT2D eigenvalue weighted by molar-refractivity contribution is 5.97. The van der Waals surface area contributed by atoms with Crippen molar-refractivity contribution in [1.82, 2.24) is 15.2 Å². The Labute approximate surface area is 214 Å². The van der Waals surface area contributed by atoms with Crippen molar-refractivity contribution in [3.05, 3.63) is 65.4 Å². The van der Waals surface area contributed by atoms with E-state index >= 15 is 0 Å². The second kappa shape index (κ2) is 9.52. The van der Waals surface area contributed by atoms with Crippen LogP contribution in [0.3, 0.4) is 0 Å². The van der Waals surface area contributed by atoms with Crippen molar-refractivity contribution in [2.75, 3.05) is 38.7 Å². The van der Waals surface area contributed by atoms with Crippen LogP contribution >= 0.6 is 0 Å². The smallest absolute Gasteiger partial charge is 0.405 e. The summed E-state index contributed by atoms with van der Waals surface area (Å²) in [4.78, 5) is 21.3. The van der Waals surface area contributed by atoms with E-state index in [2.05, 4.69) is 22.2 Å². The molecule has 196 valence electrons. The number of aromatic nitrogens is 1. The van der Waals surface area contributed by atoms with Crippen molar-refractivity contribution in [3.8, 4) is 5.75 Å². The van der Waals surface area contributed by atoms with E-state index in [0.29, 0.717) is 48.0 Å². The number of anilines is 1. The molecular formula is C28H31F3N4O2. The molecule has 1 unspecified atom stereocenters. The number of ether oxygens (including phenoxy) is 1. The number of pyridine rings is 1. The number of nitrogens with zero attached hydrogens (tertiary/aromatic N) is 3. The van der Waals surface area contributed by atoms with Crippen molar-refractivity contribution in [3.63, 3.8) is 0 Å². The number of likely N-dealkylation sites (N-methyl/N-ethyl adjacent to an activating group) is 1. The maximum Gasteiger partial charge on any atom is 0.405 e. The molecule has 1 aromatic heterocycles. The number of hydrogen-bond acceptors (Lipinski definition) is 5. The molecule has 9 heteroatoms. The molecule has 0 radical (unpaired) electrons. The highest BCUT2D eigenvalue weighted by Crippen LogP contribution is 2.49. The van der Waals surface area contributed by atoms with Gasteiger partial charge in [-0.05, 0) is 81.2 Å². The van der Waals surface area contributed by atoms with Crippen LogP contribution in [0.2, 0.25) is 0 Å². The van der Waals surface area contributed by atoms with Crippen LogP contribution in [-0.2, 0) is 5.54 Å². The van der Waals surface area contributed by atoms with Gasteiger partial charge in [-0.2, -0.15) is 13.2 Å². The molecule has 2 fully saturated rings. The molecule has 0 spiro atoms. The van der Waals surface area contributed by atoms with E-state index < -0.39 is 18.3 Å². The number of amides is 1. The van der Waals surface area contributed by atoms with Crippen molar-refractivity contribution in [1.29, 1.82) is 0 Å². The van der Waals surface area contributed by atoms with Gasteiger partial charge in [0.05, 0.1) is 11.1 Å². The molecule has 2 aromatic carbocycles. The maximum absolute atomic E-state index is 13.5. The fourth-order valence-corrected chi connectivity index (χ4v) is 4.92. The van der Waals surface area contributed by atoms with Gasteiger partial charge in [-0.3, -0.25) is 14.7 Å². The number of nitrogens with one attached hydrogen (secondary N) is 1. The summed E-state index contributed by atoms with van der Waals surface area (Å²) in [5, 5.41) is 4.02. The minimum Gasteiger partial charge on any atom is -0.492 e. The number of aryl methyl sites for hydroxylation is 1. The minimum absolute atomic E-state index is 0.229. The topological polar surface area (TPSA) is 57.7 Å². The fourth-order valence-electron chi connectivity index (χ4n) is 4.92. The van der Waals surface area contributed by atoms with Gasteiger partial charge in [0.15, 0.2) is 0 Å². The standard InChI is InChI=1S/C28H31F3N4O2/c1-18-6-7-21(37-16-19-8-12-34(19)2)15-23(18)26(36)33-27(9-10-27)24-13-20(35(3)17-28(29,30)31)14-25-22(24)5-4-11-32-25/h4-7,11,13-15,19H,8-10,12,16-17H2,1-3H3,(H,33,36). The first kappa shape index (κ1) is 25.3. The molecule has 1 aliphatic heterocycles. The molecule has 37 heavy (non-hydrogen) atoms. The average molecular weight is 513 g/mol. The molecule has 1 saturated carbocycles.